The molecular formula is C14H17F5O3Si. The largest absolute Gasteiger partial charge is 0.462 e. The molecule has 0 amide bonds. The van der Waals surface area contributed by atoms with Crippen LogP contribution in [0.15, 0.2) is 0 Å². The summed E-state index contributed by atoms with van der Waals surface area (Å²) in [5.74, 6) is -12.7. The highest BCUT2D eigenvalue weighted by atomic mass is 28.2. The number of esters is 1. The van der Waals surface area contributed by atoms with Crippen LogP contribution in [0.4, 0.5) is 22.0 Å². The van der Waals surface area contributed by atoms with Gasteiger partial charge in [-0.3, -0.25) is 0 Å². The molecule has 0 aliphatic heterocycles. The van der Waals surface area contributed by atoms with Crippen molar-refractivity contribution < 1.29 is 35.9 Å². The standard InChI is InChI=1S/C14H17F5O3Si/c1-14(2,22-23)5-3-4-6-21-13(20)7-8(15)10(17)12(19)11(18)9(7)16/h3-6H2,1-2,23H3. The first-order valence-electron chi connectivity index (χ1n) is 6.86. The van der Waals surface area contributed by atoms with Crippen molar-refractivity contribution in [2.24, 2.45) is 0 Å². The number of ether oxygens (including phenoxy) is 1. The summed E-state index contributed by atoms with van der Waals surface area (Å²) in [5.41, 5.74) is -1.89. The smallest absolute Gasteiger partial charge is 0.344 e. The first-order valence-corrected chi connectivity index (χ1v) is 7.67. The van der Waals surface area contributed by atoms with Gasteiger partial charge < -0.3 is 9.16 Å². The number of hydrogen-bond donors (Lipinski definition) is 0. The molecule has 1 aromatic rings. The highest BCUT2D eigenvalue weighted by Crippen LogP contribution is 2.24. The van der Waals surface area contributed by atoms with Crippen molar-refractivity contribution in [3.05, 3.63) is 34.6 Å². The minimum absolute atomic E-state index is 0.199. The zero-order valence-corrected chi connectivity index (χ0v) is 14.9. The maximum atomic E-state index is 13.4. The van der Waals surface area contributed by atoms with Gasteiger partial charge in [0.05, 0.1) is 6.61 Å². The third-order valence-electron chi connectivity index (χ3n) is 3.37. The van der Waals surface area contributed by atoms with Crippen LogP contribution >= 0.6 is 0 Å². The highest BCUT2D eigenvalue weighted by molar-refractivity contribution is 5.98. The molecule has 1 rings (SSSR count). The Bertz CT molecular complexity index is 563. The van der Waals surface area contributed by atoms with E-state index in [-0.39, 0.29) is 12.2 Å². The lowest BCUT2D eigenvalue weighted by atomic mass is 10.0. The quantitative estimate of drug-likeness (QED) is 0.188. The van der Waals surface area contributed by atoms with Crippen LogP contribution < -0.4 is 0 Å². The summed E-state index contributed by atoms with van der Waals surface area (Å²) in [6, 6.07) is 0. The first-order chi connectivity index (χ1) is 10.6. The normalized spacial score (nSPS) is 11.8. The number of carbonyl (C=O) groups excluding carboxylic acids is 1. The van der Waals surface area contributed by atoms with E-state index in [0.717, 1.165) is 0 Å². The van der Waals surface area contributed by atoms with Gasteiger partial charge in [0.15, 0.2) is 23.3 Å². The zero-order valence-electron chi connectivity index (χ0n) is 12.9. The van der Waals surface area contributed by atoms with E-state index in [4.69, 9.17) is 4.43 Å². The first kappa shape index (κ1) is 19.6. The van der Waals surface area contributed by atoms with E-state index < -0.39 is 40.6 Å². The third-order valence-corrected chi connectivity index (χ3v) is 4.48. The molecule has 0 atom stereocenters. The Labute approximate surface area is 133 Å². The van der Waals surface area contributed by atoms with Crippen molar-refractivity contribution >= 4 is 16.5 Å². The summed E-state index contributed by atoms with van der Waals surface area (Å²) in [6.45, 7) is 3.58. The molecular weight excluding hydrogens is 339 g/mol. The van der Waals surface area contributed by atoms with Gasteiger partial charge >= 0.3 is 5.97 Å². The van der Waals surface area contributed by atoms with Crippen LogP contribution in [-0.4, -0.2) is 28.7 Å². The minimum Gasteiger partial charge on any atom is -0.462 e. The van der Waals surface area contributed by atoms with Crippen molar-refractivity contribution in [3.8, 4) is 0 Å². The number of carbonyl (C=O) groups is 1. The van der Waals surface area contributed by atoms with Gasteiger partial charge in [-0.25, -0.2) is 26.7 Å². The Morgan fingerprint density at radius 2 is 1.43 bits per heavy atom. The predicted octanol–water partition coefficient (Wildman–Crippen LogP) is 2.78. The number of benzene rings is 1. The van der Waals surface area contributed by atoms with Crippen molar-refractivity contribution in [1.29, 1.82) is 0 Å². The average molecular weight is 356 g/mol. The molecule has 23 heavy (non-hydrogen) atoms. The van der Waals surface area contributed by atoms with Crippen LogP contribution in [0, 0.1) is 29.1 Å². The minimum atomic E-state index is -2.32. The summed E-state index contributed by atoms with van der Waals surface area (Å²) in [6.07, 6.45) is 1.66. The molecule has 1 aromatic carbocycles. The molecule has 0 radical (unpaired) electrons. The van der Waals surface area contributed by atoms with Crippen LogP contribution in [0.5, 0.6) is 0 Å². The van der Waals surface area contributed by atoms with E-state index in [1.807, 2.05) is 13.8 Å². The van der Waals surface area contributed by atoms with E-state index in [1.54, 1.807) is 0 Å². The predicted molar refractivity (Wildman–Crippen MR) is 75.5 cm³/mol. The molecule has 0 spiro atoms. The van der Waals surface area contributed by atoms with Crippen LogP contribution in [0.25, 0.3) is 0 Å². The molecule has 0 aromatic heterocycles. The maximum Gasteiger partial charge on any atom is 0.344 e. The Morgan fingerprint density at radius 1 is 0.957 bits per heavy atom. The summed E-state index contributed by atoms with van der Waals surface area (Å²) < 4.78 is 75.6. The SMILES string of the molecule is CC(C)(CCCCOC(=O)c1c(F)c(F)c(F)c(F)c1F)O[SiH3]. The van der Waals surface area contributed by atoms with E-state index in [0.29, 0.717) is 29.7 Å². The zero-order chi connectivity index (χ0) is 17.8. The average Bonchev–Trinajstić information content (AvgIpc) is 2.50. The van der Waals surface area contributed by atoms with Crippen LogP contribution in [0.3, 0.4) is 0 Å². The maximum absolute atomic E-state index is 13.4. The van der Waals surface area contributed by atoms with Gasteiger partial charge in [0.1, 0.15) is 16.0 Å². The Balaban J connectivity index is 2.67. The van der Waals surface area contributed by atoms with Crippen molar-refractivity contribution in [3.63, 3.8) is 0 Å². The molecule has 0 aliphatic carbocycles. The Morgan fingerprint density at radius 3 is 1.91 bits per heavy atom. The lowest BCUT2D eigenvalue weighted by molar-refractivity contribution is 0.0472. The highest BCUT2D eigenvalue weighted by Gasteiger charge is 2.30. The molecule has 0 saturated carbocycles. The van der Waals surface area contributed by atoms with Gasteiger partial charge in [0, 0.05) is 5.60 Å². The Hall–Kier alpha value is -1.48. The summed E-state index contributed by atoms with van der Waals surface area (Å²) >= 11 is 0. The summed E-state index contributed by atoms with van der Waals surface area (Å²) in [7, 11) is 0.572. The van der Waals surface area contributed by atoms with Gasteiger partial charge in [0.25, 0.3) is 0 Å². The topological polar surface area (TPSA) is 35.5 Å². The number of halogens is 5. The summed E-state index contributed by atoms with van der Waals surface area (Å²) in [4.78, 5) is 11.5. The van der Waals surface area contributed by atoms with E-state index in [1.165, 1.54) is 0 Å². The Kier molecular flexibility index (Phi) is 6.69. The number of hydrogen-bond acceptors (Lipinski definition) is 3. The van der Waals surface area contributed by atoms with E-state index in [9.17, 15) is 26.7 Å². The fourth-order valence-electron chi connectivity index (χ4n) is 1.78. The molecule has 9 heteroatoms. The van der Waals surface area contributed by atoms with Crippen molar-refractivity contribution in [1.82, 2.24) is 0 Å². The molecule has 0 saturated heterocycles. The van der Waals surface area contributed by atoms with Gasteiger partial charge in [0.2, 0.25) is 5.82 Å². The van der Waals surface area contributed by atoms with E-state index >= 15 is 0 Å². The van der Waals surface area contributed by atoms with Crippen LogP contribution in [-0.2, 0) is 9.16 Å². The lowest BCUT2D eigenvalue weighted by Crippen LogP contribution is -2.23. The number of rotatable bonds is 7. The second kappa shape index (κ2) is 7.87. The fourth-order valence-corrected chi connectivity index (χ4v) is 1.98. The molecule has 0 N–H and O–H groups in total. The van der Waals surface area contributed by atoms with Crippen molar-refractivity contribution in [2.75, 3.05) is 6.61 Å². The van der Waals surface area contributed by atoms with Gasteiger partial charge in [-0.05, 0) is 33.1 Å². The molecule has 0 unspecified atom stereocenters. The molecule has 0 aliphatic rings. The molecule has 0 heterocycles. The second-order valence-electron chi connectivity index (χ2n) is 5.50. The monoisotopic (exact) mass is 356 g/mol. The van der Waals surface area contributed by atoms with E-state index in [2.05, 4.69) is 4.74 Å². The lowest BCUT2D eigenvalue weighted by Gasteiger charge is -2.23. The third kappa shape index (κ3) is 4.74. The van der Waals surface area contributed by atoms with Crippen molar-refractivity contribution in [2.45, 2.75) is 38.7 Å². The second-order valence-corrected chi connectivity index (χ2v) is 5.91. The van der Waals surface area contributed by atoms with Gasteiger partial charge in [-0.2, -0.15) is 0 Å². The summed E-state index contributed by atoms with van der Waals surface area (Å²) in [5, 5.41) is 0. The molecule has 0 bridgehead atoms. The van der Waals surface area contributed by atoms with Gasteiger partial charge in [-0.1, -0.05) is 0 Å². The van der Waals surface area contributed by atoms with Crippen LogP contribution in [0.2, 0.25) is 0 Å². The van der Waals surface area contributed by atoms with Crippen LogP contribution in [0.1, 0.15) is 43.5 Å². The molecule has 0 fully saturated rings. The molecule has 3 nitrogen and oxygen atoms in total. The molecule has 130 valence electrons. The fraction of sp³-hybridized carbons (Fsp3) is 0.500. The number of unbranched alkanes of at least 4 members (excludes halogenated alkanes) is 1. The van der Waals surface area contributed by atoms with Gasteiger partial charge in [-0.15, -0.1) is 0 Å².